The maximum Gasteiger partial charge on any atom is 0.419 e. The van der Waals surface area contributed by atoms with Crippen LogP contribution < -0.4 is 8.37 Å². The summed E-state index contributed by atoms with van der Waals surface area (Å²) < 4.78 is 30.7. The van der Waals surface area contributed by atoms with Crippen LogP contribution in [0, 0.1) is 13.8 Å². The summed E-state index contributed by atoms with van der Waals surface area (Å²) in [6, 6.07) is 11.0. The molecule has 1 aromatic heterocycles. The van der Waals surface area contributed by atoms with Gasteiger partial charge in [0.15, 0.2) is 5.78 Å². The highest BCUT2D eigenvalue weighted by atomic mass is 32.2. The Morgan fingerprint density at radius 3 is 2.58 bits per heavy atom. The second kappa shape index (κ2) is 9.89. The molecule has 0 N–H and O–H groups in total. The first kappa shape index (κ1) is 23.2. The maximum absolute atomic E-state index is 13.6. The molecule has 174 valence electrons. The molecule has 2 aromatic carbocycles. The Hall–Kier alpha value is -2.97. The summed E-state index contributed by atoms with van der Waals surface area (Å²) in [5.41, 5.74) is 5.06. The quantitative estimate of drug-likeness (QED) is 0.442. The molecular formula is C25H28N2O5S. The summed E-state index contributed by atoms with van der Waals surface area (Å²) in [5.74, 6) is 0.289. The number of benzene rings is 2. The Kier molecular flexibility index (Phi) is 6.95. The molecule has 3 aromatic rings. The van der Waals surface area contributed by atoms with E-state index in [1.165, 1.54) is 16.4 Å². The second-order valence-corrected chi connectivity index (χ2v) is 8.86. The third kappa shape index (κ3) is 4.72. The van der Waals surface area contributed by atoms with Gasteiger partial charge in [-0.2, -0.15) is 9.31 Å². The van der Waals surface area contributed by atoms with Gasteiger partial charge in [0.2, 0.25) is 5.88 Å². The average Bonchev–Trinajstić information content (AvgIpc) is 3.22. The number of ketones is 1. The first-order valence-corrected chi connectivity index (χ1v) is 12.0. The summed E-state index contributed by atoms with van der Waals surface area (Å²) in [6.45, 7) is 6.21. The molecule has 1 heterocycles. The summed E-state index contributed by atoms with van der Waals surface area (Å²) >= 11 is -2.15. The van der Waals surface area contributed by atoms with Crippen LogP contribution in [-0.2, 0) is 29.1 Å². The van der Waals surface area contributed by atoms with Gasteiger partial charge in [-0.15, -0.1) is 0 Å². The van der Waals surface area contributed by atoms with Crippen molar-refractivity contribution in [1.82, 2.24) is 9.78 Å². The number of aryl methyl sites for hydroxylation is 3. The molecule has 33 heavy (non-hydrogen) atoms. The van der Waals surface area contributed by atoms with Crippen LogP contribution in [0.3, 0.4) is 0 Å². The second-order valence-electron chi connectivity index (χ2n) is 8.12. The van der Waals surface area contributed by atoms with Gasteiger partial charge in [0.05, 0.1) is 12.3 Å². The van der Waals surface area contributed by atoms with Crippen LogP contribution in [0.1, 0.15) is 64.0 Å². The molecule has 0 fully saturated rings. The van der Waals surface area contributed by atoms with E-state index in [9.17, 15) is 9.00 Å². The molecule has 2 unspecified atom stereocenters. The van der Waals surface area contributed by atoms with Crippen LogP contribution in [0.5, 0.6) is 11.6 Å². The standard InChI is InChI=1S/C25H28N2O5S/c1-5-27-25(32-33(29)31-19-12-9-16(2)10-13-19)21(15-26-27)24(28)20-14-11-18-7-6-8-22(30-4)23(18)17(20)3/h9-15,22H,5-8H2,1-4H3. The fourth-order valence-corrected chi connectivity index (χ4v) is 4.90. The van der Waals surface area contributed by atoms with Crippen molar-refractivity contribution in [2.24, 2.45) is 0 Å². The molecule has 0 saturated heterocycles. The largest absolute Gasteiger partial charge is 0.419 e. The van der Waals surface area contributed by atoms with Gasteiger partial charge in [-0.25, -0.2) is 4.68 Å². The normalized spacial score (nSPS) is 16.2. The number of carbonyl (C=O) groups excluding carboxylic acids is 1. The third-order valence-electron chi connectivity index (χ3n) is 6.04. The van der Waals surface area contributed by atoms with E-state index in [-0.39, 0.29) is 23.3 Å². The van der Waals surface area contributed by atoms with Crippen molar-refractivity contribution in [1.29, 1.82) is 0 Å². The first-order valence-electron chi connectivity index (χ1n) is 11.0. The van der Waals surface area contributed by atoms with E-state index in [1.807, 2.05) is 45.0 Å². The molecule has 1 aliphatic rings. The fourth-order valence-electron chi connectivity index (χ4n) is 4.30. The Balaban J connectivity index is 1.64. The van der Waals surface area contributed by atoms with Gasteiger partial charge in [-0.3, -0.25) is 4.79 Å². The molecule has 0 radical (unpaired) electrons. The number of hydrogen-bond acceptors (Lipinski definition) is 6. The molecule has 0 bridgehead atoms. The van der Waals surface area contributed by atoms with E-state index < -0.39 is 11.4 Å². The Morgan fingerprint density at radius 1 is 1.12 bits per heavy atom. The molecule has 0 amide bonds. The number of fused-ring (bicyclic) bond motifs is 1. The van der Waals surface area contributed by atoms with E-state index in [2.05, 4.69) is 5.10 Å². The molecule has 2 atom stereocenters. The van der Waals surface area contributed by atoms with Crippen LogP contribution in [-0.4, -0.2) is 26.9 Å². The van der Waals surface area contributed by atoms with Crippen LogP contribution >= 0.6 is 0 Å². The van der Waals surface area contributed by atoms with E-state index in [0.717, 1.165) is 36.0 Å². The molecule has 0 saturated carbocycles. The number of rotatable bonds is 8. The summed E-state index contributed by atoms with van der Waals surface area (Å²) in [7, 11) is 1.70. The van der Waals surface area contributed by atoms with Gasteiger partial charge in [-0.1, -0.05) is 29.8 Å². The predicted molar refractivity (Wildman–Crippen MR) is 126 cm³/mol. The van der Waals surface area contributed by atoms with Crippen molar-refractivity contribution in [3.05, 3.63) is 76.0 Å². The van der Waals surface area contributed by atoms with Crippen molar-refractivity contribution in [3.63, 3.8) is 0 Å². The summed E-state index contributed by atoms with van der Waals surface area (Å²) in [5, 5.41) is 4.26. The van der Waals surface area contributed by atoms with E-state index in [1.54, 1.807) is 19.2 Å². The van der Waals surface area contributed by atoms with Crippen LogP contribution in [0.2, 0.25) is 0 Å². The van der Waals surface area contributed by atoms with Gasteiger partial charge in [0, 0.05) is 19.2 Å². The lowest BCUT2D eigenvalue weighted by molar-refractivity contribution is 0.0873. The number of methoxy groups -OCH3 is 1. The molecular weight excluding hydrogens is 440 g/mol. The lowest BCUT2D eigenvalue weighted by atomic mass is 9.83. The molecule has 1 aliphatic carbocycles. The molecule has 4 rings (SSSR count). The Bertz CT molecular complexity index is 1190. The zero-order chi connectivity index (χ0) is 23.5. The minimum atomic E-state index is -2.15. The lowest BCUT2D eigenvalue weighted by Crippen LogP contribution is -2.17. The molecule has 7 nitrogen and oxygen atoms in total. The van der Waals surface area contributed by atoms with Gasteiger partial charge in [-0.05, 0) is 68.9 Å². The Labute approximate surface area is 196 Å². The number of hydrogen-bond donors (Lipinski definition) is 0. The van der Waals surface area contributed by atoms with Crippen molar-refractivity contribution in [2.75, 3.05) is 7.11 Å². The van der Waals surface area contributed by atoms with E-state index in [4.69, 9.17) is 13.1 Å². The highest BCUT2D eigenvalue weighted by Gasteiger charge is 2.28. The number of aromatic nitrogens is 2. The topological polar surface area (TPSA) is 79.7 Å². The van der Waals surface area contributed by atoms with Crippen molar-refractivity contribution >= 4 is 17.1 Å². The average molecular weight is 469 g/mol. The Morgan fingerprint density at radius 2 is 1.88 bits per heavy atom. The third-order valence-corrected chi connectivity index (χ3v) is 6.66. The maximum atomic E-state index is 13.6. The predicted octanol–water partition coefficient (Wildman–Crippen LogP) is 4.81. The van der Waals surface area contributed by atoms with Crippen LogP contribution in [0.25, 0.3) is 0 Å². The molecule has 8 heteroatoms. The van der Waals surface area contributed by atoms with Gasteiger partial charge >= 0.3 is 11.4 Å². The molecule has 0 aliphatic heterocycles. The number of ether oxygens (including phenoxy) is 1. The number of carbonyl (C=O) groups is 1. The minimum Gasteiger partial charge on any atom is -0.377 e. The van der Waals surface area contributed by atoms with E-state index >= 15 is 0 Å². The minimum absolute atomic E-state index is 0.0222. The highest BCUT2D eigenvalue weighted by molar-refractivity contribution is 7.75. The SMILES string of the molecule is CCn1ncc(C(=O)c2ccc3c(c2C)C(OC)CCC3)c1OS(=O)Oc1ccc(C)cc1. The summed E-state index contributed by atoms with van der Waals surface area (Å²) in [4.78, 5) is 13.6. The van der Waals surface area contributed by atoms with Crippen LogP contribution in [0.4, 0.5) is 0 Å². The van der Waals surface area contributed by atoms with Gasteiger partial charge in [0.1, 0.15) is 11.3 Å². The number of nitrogens with zero attached hydrogens (tertiary/aromatic N) is 2. The fraction of sp³-hybridized carbons (Fsp3) is 0.360. The van der Waals surface area contributed by atoms with Crippen molar-refractivity contribution < 1.29 is 22.1 Å². The monoisotopic (exact) mass is 468 g/mol. The molecule has 0 spiro atoms. The van der Waals surface area contributed by atoms with Crippen LogP contribution in [0.15, 0.2) is 42.6 Å². The van der Waals surface area contributed by atoms with Crippen molar-refractivity contribution in [2.45, 2.75) is 52.7 Å². The zero-order valence-electron chi connectivity index (χ0n) is 19.3. The van der Waals surface area contributed by atoms with Gasteiger partial charge < -0.3 is 13.1 Å². The van der Waals surface area contributed by atoms with Gasteiger partial charge in [0.25, 0.3) is 0 Å². The first-order chi connectivity index (χ1) is 15.9. The summed E-state index contributed by atoms with van der Waals surface area (Å²) in [6.07, 6.45) is 4.40. The lowest BCUT2D eigenvalue weighted by Gasteiger charge is -2.27. The smallest absolute Gasteiger partial charge is 0.377 e. The zero-order valence-corrected chi connectivity index (χ0v) is 20.1. The van der Waals surface area contributed by atoms with E-state index in [0.29, 0.717) is 17.9 Å². The van der Waals surface area contributed by atoms with Crippen molar-refractivity contribution in [3.8, 4) is 11.6 Å². The highest BCUT2D eigenvalue weighted by Crippen LogP contribution is 2.37.